The van der Waals surface area contributed by atoms with Gasteiger partial charge in [-0.3, -0.25) is 9.59 Å². The summed E-state index contributed by atoms with van der Waals surface area (Å²) in [6.45, 7) is 4.97. The van der Waals surface area contributed by atoms with E-state index in [4.69, 9.17) is 4.74 Å². The second kappa shape index (κ2) is 67.8. The highest BCUT2D eigenvalue weighted by Crippen LogP contribution is 2.19. The van der Waals surface area contributed by atoms with E-state index in [0.29, 0.717) is 25.9 Å². The maximum absolute atomic E-state index is 12.5. The molecule has 0 aliphatic heterocycles. The maximum Gasteiger partial charge on any atom is 0.305 e. The lowest BCUT2D eigenvalue weighted by Gasteiger charge is -2.22. The van der Waals surface area contributed by atoms with Gasteiger partial charge in [-0.15, -0.1) is 0 Å². The Morgan fingerprint density at radius 1 is 0.359 bits per heavy atom. The smallest absolute Gasteiger partial charge is 0.305 e. The highest BCUT2D eigenvalue weighted by atomic mass is 16.5. The third kappa shape index (κ3) is 63.5. The SMILES string of the molecule is CCCCC/C=C\C/C=C\CCCCCCCCCCCC(=O)OCCCCCCCCCCCCCCCCCCCCCCCCC(=O)NC(CO)C(O)CCCCCCCCCCCCCCCCCCCCCC. The molecule has 0 aromatic rings. The number of hydrogen-bond acceptors (Lipinski definition) is 5. The first kappa shape index (κ1) is 76.3. The molecule has 1 amide bonds. The second-order valence-corrected chi connectivity index (χ2v) is 24.6. The van der Waals surface area contributed by atoms with Gasteiger partial charge in [0.2, 0.25) is 5.91 Å². The predicted molar refractivity (Wildman–Crippen MR) is 343 cm³/mol. The number of aliphatic hydroxyl groups excluding tert-OH is 2. The standard InChI is InChI=1S/C72H139NO5/c1-3-5-7-9-11-13-15-17-19-21-23-29-32-36-40-44-48-52-56-60-64-70(75)69(68-74)73-71(76)65-61-57-53-49-45-41-37-33-30-26-24-25-27-31-35-39-43-47-51-55-59-63-67-78-72(77)66-62-58-54-50-46-42-38-34-28-22-20-18-16-14-12-10-8-6-4-2/h12,14,18,20,69-70,74-75H,3-11,13,15-17,19,21-68H2,1-2H3,(H,73,76)/b14-12-,20-18-. The van der Waals surface area contributed by atoms with Crippen molar-refractivity contribution < 1.29 is 24.5 Å². The molecule has 0 saturated carbocycles. The minimum atomic E-state index is -0.665. The van der Waals surface area contributed by atoms with Crippen molar-refractivity contribution in [3.05, 3.63) is 24.3 Å². The number of ether oxygens (including phenoxy) is 1. The summed E-state index contributed by atoms with van der Waals surface area (Å²) in [7, 11) is 0. The van der Waals surface area contributed by atoms with Crippen molar-refractivity contribution in [2.24, 2.45) is 0 Å². The van der Waals surface area contributed by atoms with E-state index < -0.39 is 12.1 Å². The molecule has 3 N–H and O–H groups in total. The number of hydrogen-bond donors (Lipinski definition) is 3. The first-order chi connectivity index (χ1) is 38.5. The molecule has 2 atom stereocenters. The quantitative estimate of drug-likeness (QED) is 0.0320. The molecule has 0 rings (SSSR count). The van der Waals surface area contributed by atoms with Crippen molar-refractivity contribution in [3.8, 4) is 0 Å². The summed E-state index contributed by atoms with van der Waals surface area (Å²) in [5, 5.41) is 23.4. The molecule has 6 heteroatoms. The van der Waals surface area contributed by atoms with E-state index in [0.717, 1.165) is 51.4 Å². The van der Waals surface area contributed by atoms with Gasteiger partial charge in [-0.2, -0.15) is 0 Å². The fraction of sp³-hybridized carbons (Fsp3) is 0.917. The Kier molecular flexibility index (Phi) is 66.4. The van der Waals surface area contributed by atoms with Gasteiger partial charge in [0.1, 0.15) is 0 Å². The summed E-state index contributed by atoms with van der Waals surface area (Å²) >= 11 is 0. The van der Waals surface area contributed by atoms with E-state index in [1.165, 1.54) is 315 Å². The third-order valence-electron chi connectivity index (χ3n) is 16.8. The second-order valence-electron chi connectivity index (χ2n) is 24.6. The minimum absolute atomic E-state index is 0.0106. The highest BCUT2D eigenvalue weighted by molar-refractivity contribution is 5.76. The molecule has 0 aliphatic rings. The first-order valence-electron chi connectivity index (χ1n) is 35.6. The van der Waals surface area contributed by atoms with E-state index in [1.807, 2.05) is 0 Å². The van der Waals surface area contributed by atoms with Crippen LogP contribution in [-0.2, 0) is 14.3 Å². The average Bonchev–Trinajstić information content (AvgIpc) is 3.44. The van der Waals surface area contributed by atoms with Crippen molar-refractivity contribution in [1.29, 1.82) is 0 Å². The van der Waals surface area contributed by atoms with Crippen LogP contribution in [0.1, 0.15) is 399 Å². The van der Waals surface area contributed by atoms with E-state index in [-0.39, 0.29) is 18.5 Å². The van der Waals surface area contributed by atoms with Crippen LogP contribution in [0.3, 0.4) is 0 Å². The van der Waals surface area contributed by atoms with Gasteiger partial charge in [-0.05, 0) is 57.8 Å². The van der Waals surface area contributed by atoms with Gasteiger partial charge < -0.3 is 20.3 Å². The van der Waals surface area contributed by atoms with Gasteiger partial charge in [0.15, 0.2) is 0 Å². The molecule has 0 aromatic carbocycles. The lowest BCUT2D eigenvalue weighted by Crippen LogP contribution is -2.45. The molecule has 0 aliphatic carbocycles. The normalized spacial score (nSPS) is 12.6. The van der Waals surface area contributed by atoms with E-state index in [9.17, 15) is 19.8 Å². The monoisotopic (exact) mass is 1100 g/mol. The van der Waals surface area contributed by atoms with Crippen LogP contribution in [-0.4, -0.2) is 47.4 Å². The van der Waals surface area contributed by atoms with Gasteiger partial charge in [-0.25, -0.2) is 0 Å². The number of aliphatic hydroxyl groups is 2. The Balaban J connectivity index is 3.37. The zero-order valence-electron chi connectivity index (χ0n) is 52.9. The van der Waals surface area contributed by atoms with Crippen LogP contribution < -0.4 is 5.32 Å². The molecule has 0 fully saturated rings. The molecule has 2 unspecified atom stereocenters. The molecular weight excluding hydrogens is 959 g/mol. The van der Waals surface area contributed by atoms with Gasteiger partial charge in [0, 0.05) is 12.8 Å². The van der Waals surface area contributed by atoms with E-state index in [2.05, 4.69) is 43.5 Å². The Morgan fingerprint density at radius 2 is 0.641 bits per heavy atom. The van der Waals surface area contributed by atoms with Crippen LogP contribution in [0.4, 0.5) is 0 Å². The van der Waals surface area contributed by atoms with Crippen LogP contribution in [0.5, 0.6) is 0 Å². The Labute approximate surface area is 488 Å². The largest absolute Gasteiger partial charge is 0.466 e. The van der Waals surface area contributed by atoms with Gasteiger partial charge >= 0.3 is 5.97 Å². The van der Waals surface area contributed by atoms with Crippen LogP contribution in [0, 0.1) is 0 Å². The maximum atomic E-state index is 12.5. The molecule has 6 nitrogen and oxygen atoms in total. The number of esters is 1. The summed E-state index contributed by atoms with van der Waals surface area (Å²) in [6, 6.07) is -0.542. The fourth-order valence-electron chi connectivity index (χ4n) is 11.3. The Morgan fingerprint density at radius 3 is 1.00 bits per heavy atom. The summed E-state index contributed by atoms with van der Waals surface area (Å²) in [6.07, 6.45) is 85.0. The summed E-state index contributed by atoms with van der Waals surface area (Å²) in [5.74, 6) is -0.0203. The predicted octanol–water partition coefficient (Wildman–Crippen LogP) is 22.9. The number of carbonyl (C=O) groups excluding carboxylic acids is 2. The van der Waals surface area contributed by atoms with E-state index in [1.54, 1.807) is 0 Å². The lowest BCUT2D eigenvalue weighted by molar-refractivity contribution is -0.143. The average molecular weight is 1100 g/mol. The minimum Gasteiger partial charge on any atom is -0.466 e. The molecular formula is C72H139NO5. The van der Waals surface area contributed by atoms with Crippen molar-refractivity contribution in [3.63, 3.8) is 0 Å². The van der Waals surface area contributed by atoms with Gasteiger partial charge in [-0.1, -0.05) is 353 Å². The molecule has 0 radical (unpaired) electrons. The number of unbranched alkanes of at least 4 members (excludes halogenated alkanes) is 52. The topological polar surface area (TPSA) is 95.9 Å². The molecule has 0 saturated heterocycles. The van der Waals surface area contributed by atoms with E-state index >= 15 is 0 Å². The molecule has 0 bridgehead atoms. The van der Waals surface area contributed by atoms with Crippen molar-refractivity contribution in [2.75, 3.05) is 13.2 Å². The zero-order chi connectivity index (χ0) is 56.4. The molecule has 0 aromatic heterocycles. The Bertz CT molecular complexity index is 1220. The van der Waals surface area contributed by atoms with Gasteiger partial charge in [0.05, 0.1) is 25.4 Å². The molecule has 462 valence electrons. The van der Waals surface area contributed by atoms with Crippen LogP contribution in [0.25, 0.3) is 0 Å². The number of nitrogens with one attached hydrogen (secondary N) is 1. The first-order valence-corrected chi connectivity index (χ1v) is 35.6. The van der Waals surface area contributed by atoms with Crippen LogP contribution in [0.15, 0.2) is 24.3 Å². The zero-order valence-corrected chi connectivity index (χ0v) is 52.9. The van der Waals surface area contributed by atoms with Crippen LogP contribution >= 0.6 is 0 Å². The lowest BCUT2D eigenvalue weighted by atomic mass is 10.0. The van der Waals surface area contributed by atoms with Crippen molar-refractivity contribution >= 4 is 11.9 Å². The van der Waals surface area contributed by atoms with Gasteiger partial charge in [0.25, 0.3) is 0 Å². The third-order valence-corrected chi connectivity index (χ3v) is 16.8. The molecule has 78 heavy (non-hydrogen) atoms. The number of carbonyl (C=O) groups is 2. The molecule has 0 spiro atoms. The van der Waals surface area contributed by atoms with Crippen molar-refractivity contribution in [1.82, 2.24) is 5.32 Å². The van der Waals surface area contributed by atoms with Crippen LogP contribution in [0.2, 0.25) is 0 Å². The summed E-state index contributed by atoms with van der Waals surface area (Å²) < 4.78 is 5.51. The number of allylic oxidation sites excluding steroid dienone is 4. The summed E-state index contributed by atoms with van der Waals surface area (Å²) in [5.41, 5.74) is 0. The highest BCUT2D eigenvalue weighted by Gasteiger charge is 2.20. The fourth-order valence-corrected chi connectivity index (χ4v) is 11.3. The Hall–Kier alpha value is -1.66. The summed E-state index contributed by atoms with van der Waals surface area (Å²) in [4.78, 5) is 24.7. The number of rotatable bonds is 67. The molecule has 0 heterocycles. The number of amides is 1. The van der Waals surface area contributed by atoms with Crippen molar-refractivity contribution in [2.45, 2.75) is 411 Å².